The third kappa shape index (κ3) is 7.69. The van der Waals surface area contributed by atoms with Crippen LogP contribution in [-0.4, -0.2) is 39.2 Å². The molecule has 0 radical (unpaired) electrons. The van der Waals surface area contributed by atoms with Crippen LogP contribution in [0.15, 0.2) is 48.5 Å². The Morgan fingerprint density at radius 1 is 1.03 bits per heavy atom. The highest BCUT2D eigenvalue weighted by molar-refractivity contribution is 5.89. The molecule has 0 aromatic heterocycles. The average Bonchev–Trinajstić information content (AvgIpc) is 2.75. The molecule has 0 aliphatic heterocycles. The van der Waals surface area contributed by atoms with Gasteiger partial charge in [0.1, 0.15) is 0 Å². The highest BCUT2D eigenvalue weighted by atomic mass is 19.4. The van der Waals surface area contributed by atoms with Crippen LogP contribution in [-0.2, 0) is 26.9 Å². The highest BCUT2D eigenvalue weighted by Gasteiger charge is 2.30. The van der Waals surface area contributed by atoms with Gasteiger partial charge in [-0.25, -0.2) is 4.79 Å². The van der Waals surface area contributed by atoms with Crippen LogP contribution in [0.1, 0.15) is 16.7 Å². The number of esters is 1. The van der Waals surface area contributed by atoms with Crippen LogP contribution in [0.5, 0.6) is 11.5 Å². The zero-order chi connectivity index (χ0) is 22.9. The minimum atomic E-state index is -4.47. The summed E-state index contributed by atoms with van der Waals surface area (Å²) < 4.78 is 53.2. The second-order valence-corrected chi connectivity index (χ2v) is 6.35. The van der Waals surface area contributed by atoms with E-state index in [0.717, 1.165) is 23.8 Å². The maximum Gasteiger partial charge on any atom is 0.416 e. The number of hydrogen-bond donors (Lipinski definition) is 1. The molecule has 0 unspecified atom stereocenters. The lowest BCUT2D eigenvalue weighted by Crippen LogP contribution is -2.30. The predicted octanol–water partition coefficient (Wildman–Crippen LogP) is 3.64. The summed E-state index contributed by atoms with van der Waals surface area (Å²) in [6, 6.07) is 9.89. The number of halogens is 3. The lowest BCUT2D eigenvalue weighted by Gasteiger charge is -2.10. The van der Waals surface area contributed by atoms with Crippen LogP contribution >= 0.6 is 0 Å². The monoisotopic (exact) mass is 437 g/mol. The molecule has 1 amide bonds. The summed E-state index contributed by atoms with van der Waals surface area (Å²) in [6.45, 7) is -0.191. The summed E-state index contributed by atoms with van der Waals surface area (Å²) in [5, 5.41) is 2.61. The normalized spacial score (nSPS) is 11.3. The van der Waals surface area contributed by atoms with Gasteiger partial charge in [-0.2, -0.15) is 13.2 Å². The molecule has 0 fully saturated rings. The Bertz CT molecular complexity index is 941. The number of benzene rings is 2. The van der Waals surface area contributed by atoms with Gasteiger partial charge in [0.05, 0.1) is 19.8 Å². The zero-order valence-corrected chi connectivity index (χ0v) is 17.0. The molecule has 0 aliphatic rings. The van der Waals surface area contributed by atoms with Gasteiger partial charge in [-0.05, 0) is 47.9 Å². The van der Waals surface area contributed by atoms with Gasteiger partial charge >= 0.3 is 12.1 Å². The first-order valence-corrected chi connectivity index (χ1v) is 9.22. The molecule has 166 valence electrons. The van der Waals surface area contributed by atoms with E-state index in [1.807, 2.05) is 6.07 Å². The first kappa shape index (κ1) is 23.8. The summed E-state index contributed by atoms with van der Waals surface area (Å²) >= 11 is 0. The maximum atomic E-state index is 12.7. The van der Waals surface area contributed by atoms with Crippen molar-refractivity contribution in [2.75, 3.05) is 27.4 Å². The molecule has 2 aromatic carbocycles. The van der Waals surface area contributed by atoms with Gasteiger partial charge in [0.2, 0.25) is 0 Å². The molecule has 31 heavy (non-hydrogen) atoms. The minimum Gasteiger partial charge on any atom is -0.493 e. The summed E-state index contributed by atoms with van der Waals surface area (Å²) in [5.74, 6) is -0.165. The van der Waals surface area contributed by atoms with Crippen molar-refractivity contribution in [3.05, 3.63) is 65.2 Å². The largest absolute Gasteiger partial charge is 0.493 e. The first-order valence-electron chi connectivity index (χ1n) is 9.22. The van der Waals surface area contributed by atoms with Gasteiger partial charge in [0, 0.05) is 12.6 Å². The highest BCUT2D eigenvalue weighted by Crippen LogP contribution is 2.30. The lowest BCUT2D eigenvalue weighted by atomic mass is 10.1. The molecule has 0 spiro atoms. The molecule has 0 saturated carbocycles. The standard InChI is InChI=1S/C22H22F3NO5/c1-29-18-8-6-16(13-19(18)30-2)10-11-26-20(27)14-31-21(28)9-7-15-4-3-5-17(12-15)22(23,24)25/h3-9,12-13H,10-11,14H2,1-2H3,(H,26,27). The van der Waals surface area contributed by atoms with Crippen LogP contribution < -0.4 is 14.8 Å². The van der Waals surface area contributed by atoms with Crippen molar-refractivity contribution < 1.29 is 37.0 Å². The van der Waals surface area contributed by atoms with Crippen molar-refractivity contribution in [1.82, 2.24) is 5.32 Å². The number of carbonyl (C=O) groups is 2. The SMILES string of the molecule is COc1ccc(CCNC(=O)COC(=O)C=Cc2cccc(C(F)(F)F)c2)cc1OC. The van der Waals surface area contributed by atoms with Gasteiger partial charge in [-0.3, -0.25) is 4.79 Å². The van der Waals surface area contributed by atoms with Gasteiger partial charge in [0.15, 0.2) is 18.1 Å². The maximum absolute atomic E-state index is 12.7. The van der Waals surface area contributed by atoms with Crippen LogP contribution in [0.2, 0.25) is 0 Å². The number of alkyl halides is 3. The van der Waals surface area contributed by atoms with Crippen LogP contribution in [0.25, 0.3) is 6.08 Å². The van der Waals surface area contributed by atoms with Crippen molar-refractivity contribution in [1.29, 1.82) is 0 Å². The fourth-order valence-electron chi connectivity index (χ4n) is 2.60. The Morgan fingerprint density at radius 2 is 1.77 bits per heavy atom. The van der Waals surface area contributed by atoms with E-state index in [1.165, 1.54) is 32.4 Å². The van der Waals surface area contributed by atoms with Crippen molar-refractivity contribution in [2.45, 2.75) is 12.6 Å². The summed E-state index contributed by atoms with van der Waals surface area (Å²) in [5.41, 5.74) is 0.280. The second kappa shape index (κ2) is 11.1. The molecule has 0 aliphatic carbocycles. The van der Waals surface area contributed by atoms with Crippen molar-refractivity contribution in [2.24, 2.45) is 0 Å². The fraction of sp³-hybridized carbons (Fsp3) is 0.273. The van der Waals surface area contributed by atoms with E-state index in [9.17, 15) is 22.8 Å². The number of hydrogen-bond acceptors (Lipinski definition) is 5. The number of amides is 1. The van der Waals surface area contributed by atoms with Gasteiger partial charge in [-0.15, -0.1) is 0 Å². The first-order chi connectivity index (χ1) is 14.7. The van der Waals surface area contributed by atoms with Crippen LogP contribution in [0.3, 0.4) is 0 Å². The molecule has 1 N–H and O–H groups in total. The second-order valence-electron chi connectivity index (χ2n) is 6.35. The molecule has 9 heteroatoms. The summed E-state index contributed by atoms with van der Waals surface area (Å²) in [6.07, 6.45) is -1.80. The Hall–Kier alpha value is -3.49. The Balaban J connectivity index is 1.76. The summed E-state index contributed by atoms with van der Waals surface area (Å²) in [4.78, 5) is 23.5. The van der Waals surface area contributed by atoms with E-state index in [-0.39, 0.29) is 5.56 Å². The van der Waals surface area contributed by atoms with Crippen molar-refractivity contribution in [3.63, 3.8) is 0 Å². The van der Waals surface area contributed by atoms with E-state index >= 15 is 0 Å². The van der Waals surface area contributed by atoms with Crippen molar-refractivity contribution in [3.8, 4) is 11.5 Å². The molecule has 2 rings (SSSR count). The van der Waals surface area contributed by atoms with E-state index in [2.05, 4.69) is 5.32 Å². The molecule has 2 aromatic rings. The van der Waals surface area contributed by atoms with E-state index in [1.54, 1.807) is 12.1 Å². The molecule has 0 atom stereocenters. The number of rotatable bonds is 9. The van der Waals surface area contributed by atoms with Crippen molar-refractivity contribution >= 4 is 18.0 Å². The predicted molar refractivity (Wildman–Crippen MR) is 108 cm³/mol. The molecule has 6 nitrogen and oxygen atoms in total. The van der Waals surface area contributed by atoms with E-state index < -0.39 is 30.2 Å². The fourth-order valence-corrected chi connectivity index (χ4v) is 2.60. The Morgan fingerprint density at radius 3 is 2.45 bits per heavy atom. The van der Waals surface area contributed by atoms with Gasteiger partial charge in [-0.1, -0.05) is 18.2 Å². The molecule has 0 heterocycles. The number of nitrogens with one attached hydrogen (secondary N) is 1. The summed E-state index contributed by atoms with van der Waals surface area (Å²) in [7, 11) is 3.06. The van der Waals surface area contributed by atoms with Gasteiger partial charge in [0.25, 0.3) is 5.91 Å². The molecular formula is C22H22F3NO5. The van der Waals surface area contributed by atoms with Gasteiger partial charge < -0.3 is 19.5 Å². The number of methoxy groups -OCH3 is 2. The van der Waals surface area contributed by atoms with E-state index in [0.29, 0.717) is 24.5 Å². The molecular weight excluding hydrogens is 415 g/mol. The Kier molecular flexibility index (Phi) is 8.48. The number of ether oxygens (including phenoxy) is 3. The number of carbonyl (C=O) groups excluding carboxylic acids is 2. The van der Waals surface area contributed by atoms with E-state index in [4.69, 9.17) is 14.2 Å². The smallest absolute Gasteiger partial charge is 0.416 e. The third-order valence-corrected chi connectivity index (χ3v) is 4.16. The topological polar surface area (TPSA) is 73.9 Å². The van der Waals surface area contributed by atoms with Crippen LogP contribution in [0, 0.1) is 0 Å². The third-order valence-electron chi connectivity index (χ3n) is 4.16. The lowest BCUT2D eigenvalue weighted by molar-refractivity contribution is -0.143. The molecule has 0 saturated heterocycles. The average molecular weight is 437 g/mol. The Labute approximate surface area is 177 Å². The minimum absolute atomic E-state index is 0.186. The van der Waals surface area contributed by atoms with Crippen LogP contribution in [0.4, 0.5) is 13.2 Å². The molecule has 0 bridgehead atoms. The quantitative estimate of drug-likeness (QED) is 0.479. The zero-order valence-electron chi connectivity index (χ0n) is 17.0.